The molecule has 6 heteroatoms. The topological polar surface area (TPSA) is 50.9 Å². The van der Waals surface area contributed by atoms with Gasteiger partial charge in [0.2, 0.25) is 0 Å². The zero-order valence-corrected chi connectivity index (χ0v) is 11.6. The quantitative estimate of drug-likeness (QED) is 0.686. The zero-order valence-electron chi connectivity index (χ0n) is 9.96. The van der Waals surface area contributed by atoms with Crippen molar-refractivity contribution in [2.75, 3.05) is 6.61 Å². The fraction of sp³-hybridized carbons (Fsp3) is 0.333. The average molecular weight is 279 g/mol. The second-order valence-electron chi connectivity index (χ2n) is 3.59. The summed E-state index contributed by atoms with van der Waals surface area (Å²) in [5.74, 6) is 6.82. The third-order valence-corrected chi connectivity index (χ3v) is 4.34. The van der Waals surface area contributed by atoms with Gasteiger partial charge in [-0.3, -0.25) is 0 Å². The largest absolute Gasteiger partial charge is 0.395 e. The lowest BCUT2D eigenvalue weighted by molar-refractivity contribution is 0.305. The summed E-state index contributed by atoms with van der Waals surface area (Å²) >= 11 is 3.35. The van der Waals surface area contributed by atoms with Crippen molar-refractivity contribution in [2.24, 2.45) is 7.05 Å². The maximum absolute atomic E-state index is 8.65. The van der Waals surface area contributed by atoms with E-state index in [-0.39, 0.29) is 6.61 Å². The first kappa shape index (κ1) is 13.1. The highest BCUT2D eigenvalue weighted by molar-refractivity contribution is 7.98. The van der Waals surface area contributed by atoms with Gasteiger partial charge in [-0.25, -0.2) is 0 Å². The maximum atomic E-state index is 8.65. The molecule has 2 rings (SSSR count). The van der Waals surface area contributed by atoms with Gasteiger partial charge in [-0.2, -0.15) is 0 Å². The van der Waals surface area contributed by atoms with Gasteiger partial charge in [0.1, 0.15) is 6.33 Å². The summed E-state index contributed by atoms with van der Waals surface area (Å²) in [7, 11) is 1.93. The van der Waals surface area contributed by atoms with Gasteiger partial charge in [-0.05, 0) is 6.07 Å². The average Bonchev–Trinajstić information content (AvgIpc) is 2.96. The minimum Gasteiger partial charge on any atom is -0.395 e. The van der Waals surface area contributed by atoms with E-state index in [4.69, 9.17) is 5.11 Å². The summed E-state index contributed by atoms with van der Waals surface area (Å²) < 4.78 is 1.90. The summed E-state index contributed by atoms with van der Waals surface area (Å²) in [5.41, 5.74) is 1.02. The number of nitrogens with zero attached hydrogens (tertiary/aromatic N) is 3. The molecule has 0 aliphatic heterocycles. The number of hydrogen-bond acceptors (Lipinski definition) is 5. The Hall–Kier alpha value is -1.29. The van der Waals surface area contributed by atoms with Crippen LogP contribution in [0.5, 0.6) is 0 Å². The van der Waals surface area contributed by atoms with E-state index in [9.17, 15) is 0 Å². The second kappa shape index (κ2) is 6.59. The molecule has 0 bridgehead atoms. The van der Waals surface area contributed by atoms with E-state index < -0.39 is 0 Å². The van der Waals surface area contributed by atoms with Crippen molar-refractivity contribution in [1.29, 1.82) is 0 Å². The molecule has 0 unspecified atom stereocenters. The smallest absolute Gasteiger partial charge is 0.191 e. The molecule has 0 saturated carbocycles. The standard InChI is InChI=1S/C12H13N3OS2/c1-15-9-13-14-12(15)18-8-11-6-10(7-17-11)4-2-3-5-16/h6-7,9,16H,3,5,8H2,1H3. The minimum absolute atomic E-state index is 0.117. The number of hydrogen-bond donors (Lipinski definition) is 1. The van der Waals surface area contributed by atoms with Crippen molar-refractivity contribution in [3.05, 3.63) is 28.2 Å². The van der Waals surface area contributed by atoms with E-state index >= 15 is 0 Å². The van der Waals surface area contributed by atoms with Crippen LogP contribution < -0.4 is 0 Å². The number of aromatic nitrogens is 3. The SMILES string of the molecule is Cn1cnnc1SCc1cc(C#CCCO)cs1. The van der Waals surface area contributed by atoms with Crippen LogP contribution in [0, 0.1) is 11.8 Å². The first-order chi connectivity index (χ1) is 8.79. The lowest BCUT2D eigenvalue weighted by atomic mass is 10.3. The highest BCUT2D eigenvalue weighted by atomic mass is 32.2. The third-order valence-electron chi connectivity index (χ3n) is 2.14. The van der Waals surface area contributed by atoms with Gasteiger partial charge in [0.25, 0.3) is 0 Å². The van der Waals surface area contributed by atoms with Crippen LogP contribution >= 0.6 is 23.1 Å². The molecule has 0 spiro atoms. The Labute approximate surface area is 114 Å². The molecule has 0 aliphatic rings. The molecule has 94 valence electrons. The summed E-state index contributed by atoms with van der Waals surface area (Å²) in [5, 5.41) is 19.5. The van der Waals surface area contributed by atoms with E-state index in [0.717, 1.165) is 16.5 Å². The Morgan fingerprint density at radius 2 is 2.44 bits per heavy atom. The normalized spacial score (nSPS) is 10.1. The van der Waals surface area contributed by atoms with E-state index in [1.54, 1.807) is 29.4 Å². The molecule has 18 heavy (non-hydrogen) atoms. The molecule has 0 aromatic carbocycles. The van der Waals surface area contributed by atoms with Crippen LogP contribution in [0.4, 0.5) is 0 Å². The van der Waals surface area contributed by atoms with Gasteiger partial charge in [0.15, 0.2) is 5.16 Å². The number of rotatable bonds is 4. The molecular weight excluding hydrogens is 266 g/mol. The van der Waals surface area contributed by atoms with E-state index in [0.29, 0.717) is 6.42 Å². The first-order valence-electron chi connectivity index (χ1n) is 5.43. The van der Waals surface area contributed by atoms with Crippen molar-refractivity contribution in [1.82, 2.24) is 14.8 Å². The highest BCUT2D eigenvalue weighted by Crippen LogP contribution is 2.24. The summed E-state index contributed by atoms with van der Waals surface area (Å²) in [6.45, 7) is 0.117. The van der Waals surface area contributed by atoms with Crippen LogP contribution in [0.1, 0.15) is 16.9 Å². The molecule has 2 heterocycles. The van der Waals surface area contributed by atoms with Crippen molar-refractivity contribution < 1.29 is 5.11 Å². The van der Waals surface area contributed by atoms with Gasteiger partial charge in [-0.15, -0.1) is 21.5 Å². The van der Waals surface area contributed by atoms with Gasteiger partial charge in [0.05, 0.1) is 6.61 Å². The van der Waals surface area contributed by atoms with E-state index in [1.807, 2.05) is 17.0 Å². The Balaban J connectivity index is 1.91. The molecule has 0 amide bonds. The molecule has 4 nitrogen and oxygen atoms in total. The van der Waals surface area contributed by atoms with Crippen LogP contribution in [0.15, 0.2) is 22.9 Å². The molecule has 0 radical (unpaired) electrons. The lowest BCUT2D eigenvalue weighted by Crippen LogP contribution is -1.88. The third kappa shape index (κ3) is 3.60. The summed E-state index contributed by atoms with van der Waals surface area (Å²) in [6, 6.07) is 2.08. The molecule has 0 fully saturated rings. The predicted molar refractivity (Wildman–Crippen MR) is 73.5 cm³/mol. The van der Waals surface area contributed by atoms with Gasteiger partial charge in [-0.1, -0.05) is 23.6 Å². The fourth-order valence-electron chi connectivity index (χ4n) is 1.28. The number of aliphatic hydroxyl groups excluding tert-OH is 1. The Kier molecular flexibility index (Phi) is 4.81. The van der Waals surface area contributed by atoms with Crippen molar-refractivity contribution in [3.8, 4) is 11.8 Å². The number of aliphatic hydroxyl groups is 1. The Morgan fingerprint density at radius 1 is 1.56 bits per heavy atom. The molecular formula is C12H13N3OS2. The van der Waals surface area contributed by atoms with Crippen molar-refractivity contribution >= 4 is 23.1 Å². The maximum Gasteiger partial charge on any atom is 0.191 e. The number of aryl methyl sites for hydroxylation is 1. The molecule has 2 aromatic heterocycles. The van der Waals surface area contributed by atoms with Crippen LogP contribution in [0.3, 0.4) is 0 Å². The van der Waals surface area contributed by atoms with Gasteiger partial charge in [0, 0.05) is 35.0 Å². The monoisotopic (exact) mass is 279 g/mol. The van der Waals surface area contributed by atoms with E-state index in [2.05, 4.69) is 28.1 Å². The number of thiophene rings is 1. The zero-order chi connectivity index (χ0) is 12.8. The minimum atomic E-state index is 0.117. The molecule has 0 aliphatic carbocycles. The highest BCUT2D eigenvalue weighted by Gasteiger charge is 2.03. The fourth-order valence-corrected chi connectivity index (χ4v) is 3.04. The molecule has 2 aromatic rings. The van der Waals surface area contributed by atoms with Crippen LogP contribution in [0.2, 0.25) is 0 Å². The van der Waals surface area contributed by atoms with Crippen molar-refractivity contribution in [2.45, 2.75) is 17.3 Å². The summed E-state index contributed by atoms with van der Waals surface area (Å²) in [6.07, 6.45) is 2.22. The van der Waals surface area contributed by atoms with Gasteiger partial charge >= 0.3 is 0 Å². The van der Waals surface area contributed by atoms with Crippen LogP contribution in [0.25, 0.3) is 0 Å². The van der Waals surface area contributed by atoms with E-state index in [1.165, 1.54) is 4.88 Å². The molecule has 1 N–H and O–H groups in total. The molecule has 0 saturated heterocycles. The molecule has 0 atom stereocenters. The lowest BCUT2D eigenvalue weighted by Gasteiger charge is -1.97. The Bertz CT molecular complexity index is 565. The summed E-state index contributed by atoms with van der Waals surface area (Å²) in [4.78, 5) is 1.26. The van der Waals surface area contributed by atoms with Crippen LogP contribution in [-0.2, 0) is 12.8 Å². The first-order valence-corrected chi connectivity index (χ1v) is 7.30. The van der Waals surface area contributed by atoms with Crippen molar-refractivity contribution in [3.63, 3.8) is 0 Å². The van der Waals surface area contributed by atoms with Crippen LogP contribution in [-0.4, -0.2) is 26.5 Å². The predicted octanol–water partition coefficient (Wildman–Crippen LogP) is 1.90. The Morgan fingerprint density at radius 3 is 3.17 bits per heavy atom. The number of thioether (sulfide) groups is 1. The second-order valence-corrected chi connectivity index (χ2v) is 5.53. The van der Waals surface area contributed by atoms with Gasteiger partial charge < -0.3 is 9.67 Å².